The zero-order valence-corrected chi connectivity index (χ0v) is 21.0. The van der Waals surface area contributed by atoms with Crippen molar-refractivity contribution < 1.29 is 35.2 Å². The summed E-state index contributed by atoms with van der Waals surface area (Å²) in [5.41, 5.74) is -2.68. The molecule has 4 atom stereocenters. The first-order valence-electron chi connectivity index (χ1n) is 11.7. The van der Waals surface area contributed by atoms with Gasteiger partial charge in [-0.3, -0.25) is 4.79 Å². The van der Waals surface area contributed by atoms with Gasteiger partial charge in [-0.25, -0.2) is 17.2 Å². The highest BCUT2D eigenvalue weighted by atomic mass is 32.2. The van der Waals surface area contributed by atoms with E-state index in [-0.39, 0.29) is 6.54 Å². The normalized spacial score (nSPS) is 24.6. The summed E-state index contributed by atoms with van der Waals surface area (Å²) >= 11 is 0. The lowest BCUT2D eigenvalue weighted by molar-refractivity contribution is -0.228. The monoisotopic (exact) mass is 529 g/mol. The first-order chi connectivity index (χ1) is 16.6. The molecule has 1 aliphatic carbocycles. The zero-order chi connectivity index (χ0) is 26.7. The lowest BCUT2D eigenvalue weighted by atomic mass is 9.63. The lowest BCUT2D eigenvalue weighted by Crippen LogP contribution is -2.52. The van der Waals surface area contributed by atoms with Crippen molar-refractivity contribution in [1.82, 2.24) is 4.90 Å². The van der Waals surface area contributed by atoms with Crippen molar-refractivity contribution in [2.75, 3.05) is 12.8 Å². The van der Waals surface area contributed by atoms with Crippen LogP contribution < -0.4 is 0 Å². The highest BCUT2D eigenvalue weighted by molar-refractivity contribution is 7.92. The van der Waals surface area contributed by atoms with Crippen molar-refractivity contribution in [1.29, 1.82) is 0 Å². The second-order valence-corrected chi connectivity index (χ2v) is 12.5. The van der Waals surface area contributed by atoms with Crippen molar-refractivity contribution in [3.63, 3.8) is 0 Å². The zero-order valence-electron chi connectivity index (χ0n) is 20.2. The fourth-order valence-corrected chi connectivity index (χ4v) is 6.17. The van der Waals surface area contributed by atoms with Crippen molar-refractivity contribution >= 4 is 15.7 Å². The summed E-state index contributed by atoms with van der Waals surface area (Å²) in [6, 6.07) is 9.38. The molecule has 0 N–H and O–H groups in total. The molecule has 0 radical (unpaired) electrons. The Morgan fingerprint density at radius 3 is 2.36 bits per heavy atom. The van der Waals surface area contributed by atoms with Gasteiger partial charge in [0.2, 0.25) is 11.6 Å². The third kappa shape index (κ3) is 4.41. The van der Waals surface area contributed by atoms with E-state index in [1.165, 1.54) is 31.2 Å². The fourth-order valence-electron chi connectivity index (χ4n) is 5.67. The van der Waals surface area contributed by atoms with E-state index in [1.54, 1.807) is 17.0 Å². The number of rotatable bonds is 5. The molecule has 2 unspecified atom stereocenters. The number of likely N-dealkylation sites (tertiary alicyclic amines) is 1. The number of alkyl halides is 4. The largest absolute Gasteiger partial charge is 0.426 e. The molecule has 1 heterocycles. The highest BCUT2D eigenvalue weighted by Gasteiger charge is 2.56. The second-order valence-electron chi connectivity index (χ2n) is 10.1. The van der Waals surface area contributed by atoms with Crippen molar-refractivity contribution in [3.05, 3.63) is 70.5 Å². The number of nitrogens with zero attached hydrogens (tertiary/aromatic N) is 1. The van der Waals surface area contributed by atoms with Crippen LogP contribution in [0.2, 0.25) is 0 Å². The smallest absolute Gasteiger partial charge is 0.338 e. The Morgan fingerprint density at radius 2 is 1.78 bits per heavy atom. The van der Waals surface area contributed by atoms with Gasteiger partial charge < -0.3 is 4.90 Å². The summed E-state index contributed by atoms with van der Waals surface area (Å²) < 4.78 is 92.6. The van der Waals surface area contributed by atoms with Gasteiger partial charge in [0, 0.05) is 24.3 Å². The van der Waals surface area contributed by atoms with Crippen LogP contribution >= 0.6 is 0 Å². The van der Waals surface area contributed by atoms with Crippen molar-refractivity contribution in [3.8, 4) is 0 Å². The maximum Gasteiger partial charge on any atom is 0.426 e. The van der Waals surface area contributed by atoms with Gasteiger partial charge in [-0.1, -0.05) is 30.3 Å². The van der Waals surface area contributed by atoms with E-state index in [1.807, 2.05) is 0 Å². The van der Waals surface area contributed by atoms with Gasteiger partial charge in [-0.05, 0) is 73.9 Å². The fraction of sp³-hybridized carbons (Fsp3) is 0.500. The number of hydrogen-bond acceptors (Lipinski definition) is 3. The molecule has 4 nitrogen and oxygen atoms in total. The molecule has 36 heavy (non-hydrogen) atoms. The molecule has 10 heteroatoms. The van der Waals surface area contributed by atoms with Crippen molar-refractivity contribution in [2.45, 2.75) is 68.1 Å². The van der Waals surface area contributed by atoms with Crippen LogP contribution in [0.4, 0.5) is 22.0 Å². The minimum atomic E-state index is -5.08. The average molecular weight is 530 g/mol. The molecule has 196 valence electrons. The molecular weight excluding hydrogens is 501 g/mol. The number of halogens is 5. The van der Waals surface area contributed by atoms with Crippen LogP contribution in [0.5, 0.6) is 0 Å². The van der Waals surface area contributed by atoms with Crippen LogP contribution in [-0.4, -0.2) is 49.5 Å². The maximum absolute atomic E-state index is 14.7. The number of sulfone groups is 1. The quantitative estimate of drug-likeness (QED) is 0.511. The minimum absolute atomic E-state index is 0.273. The number of benzene rings is 2. The Labute approximate surface area is 207 Å². The molecule has 0 bridgehead atoms. The Bertz CT molecular complexity index is 1270. The number of hydrogen-bond donors (Lipinski definition) is 0. The van der Waals surface area contributed by atoms with Crippen LogP contribution in [0.3, 0.4) is 0 Å². The molecule has 1 amide bonds. The summed E-state index contributed by atoms with van der Waals surface area (Å²) in [5, 5.41) is -1.23. The molecule has 4 rings (SSSR count). The third-order valence-corrected chi connectivity index (χ3v) is 9.41. The van der Waals surface area contributed by atoms with E-state index < -0.39 is 55.7 Å². The van der Waals surface area contributed by atoms with Crippen LogP contribution in [0.25, 0.3) is 0 Å². The van der Waals surface area contributed by atoms with E-state index in [0.29, 0.717) is 43.7 Å². The number of aryl methyl sites for hydroxylation is 1. The lowest BCUT2D eigenvalue weighted by Gasteiger charge is -2.44. The predicted octanol–water partition coefficient (Wildman–Crippen LogP) is 5.03. The average Bonchev–Trinajstić information content (AvgIpc) is 3.17. The van der Waals surface area contributed by atoms with E-state index in [0.717, 1.165) is 17.9 Å². The number of amides is 1. The Kier molecular flexibility index (Phi) is 6.51. The summed E-state index contributed by atoms with van der Waals surface area (Å²) in [6.45, 7) is 2.12. The van der Waals surface area contributed by atoms with Crippen LogP contribution in [0, 0.1) is 5.82 Å². The Morgan fingerprint density at radius 1 is 1.14 bits per heavy atom. The topological polar surface area (TPSA) is 54.5 Å². The molecule has 2 aromatic carbocycles. The second kappa shape index (κ2) is 8.82. The van der Waals surface area contributed by atoms with Gasteiger partial charge in [-0.15, -0.1) is 0 Å². The Hall–Kier alpha value is -2.49. The van der Waals surface area contributed by atoms with Gasteiger partial charge in [0.15, 0.2) is 9.84 Å². The van der Waals surface area contributed by atoms with Gasteiger partial charge >= 0.3 is 6.18 Å². The number of fused-ring (bicyclic) bond motifs is 3. The molecule has 2 aromatic rings. The summed E-state index contributed by atoms with van der Waals surface area (Å²) in [7, 11) is -3.64. The molecule has 0 spiro atoms. The highest BCUT2D eigenvalue weighted by Crippen LogP contribution is 2.51. The third-order valence-electron chi connectivity index (χ3n) is 7.92. The maximum atomic E-state index is 14.7. The molecule has 0 aromatic heterocycles. The summed E-state index contributed by atoms with van der Waals surface area (Å²) in [4.78, 5) is 14.8. The van der Waals surface area contributed by atoms with Crippen LogP contribution in [-0.2, 0) is 38.6 Å². The van der Waals surface area contributed by atoms with Gasteiger partial charge in [-0.2, -0.15) is 13.2 Å². The number of carbonyl (C=O) groups excluding carboxylic acids is 1. The van der Waals surface area contributed by atoms with Gasteiger partial charge in [0.25, 0.3) is 0 Å². The first-order valence-corrected chi connectivity index (χ1v) is 13.7. The molecule has 1 aliphatic heterocycles. The van der Waals surface area contributed by atoms with Crippen LogP contribution in [0.1, 0.15) is 48.9 Å². The van der Waals surface area contributed by atoms with Crippen LogP contribution in [0.15, 0.2) is 42.5 Å². The molecule has 2 aliphatic rings. The SMILES string of the molecule is CC(C(=O)N1CC[C@@]2(Cc3ccc(F)cc3)c3ccc(C(C)(F)C(F)(F)F)cc3CC[C@@H]12)S(C)(=O)=O. The molecule has 1 saturated heterocycles. The molecule has 0 saturated carbocycles. The standard InChI is InChI=1S/C26H28F5NO3S/c1-16(36(3,34)35)23(33)32-13-12-25(15-17-4-8-20(27)9-5-17)21-10-7-19(24(2,28)26(29,30)31)14-18(21)6-11-22(25)32/h4-5,7-10,14,16,22H,6,11-13,15H2,1-3H3/t16?,22-,24?,25-/m1/s1. The number of carbonyl (C=O) groups is 1. The minimum Gasteiger partial charge on any atom is -0.338 e. The van der Waals surface area contributed by atoms with E-state index >= 15 is 0 Å². The van der Waals surface area contributed by atoms with E-state index in [4.69, 9.17) is 0 Å². The summed E-state index contributed by atoms with van der Waals surface area (Å²) in [6.07, 6.45) is -2.57. The summed E-state index contributed by atoms with van der Waals surface area (Å²) in [5.74, 6) is -0.932. The van der Waals surface area contributed by atoms with Gasteiger partial charge in [0.05, 0.1) is 0 Å². The Balaban J connectivity index is 1.81. The molecular formula is C26H28F5NO3S. The van der Waals surface area contributed by atoms with Crippen molar-refractivity contribution in [2.24, 2.45) is 0 Å². The van der Waals surface area contributed by atoms with Gasteiger partial charge in [0.1, 0.15) is 11.1 Å². The molecule has 1 fully saturated rings. The van der Waals surface area contributed by atoms with E-state index in [2.05, 4.69) is 0 Å². The van der Waals surface area contributed by atoms with E-state index in [9.17, 15) is 35.2 Å². The first kappa shape index (κ1) is 26.6. The predicted molar refractivity (Wildman–Crippen MR) is 125 cm³/mol.